The summed E-state index contributed by atoms with van der Waals surface area (Å²) in [6, 6.07) is 7.84. The van der Waals surface area contributed by atoms with Crippen LogP contribution in [0.5, 0.6) is 0 Å². The summed E-state index contributed by atoms with van der Waals surface area (Å²) in [5.74, 6) is -0.425. The van der Waals surface area contributed by atoms with E-state index < -0.39 is 5.97 Å². The van der Waals surface area contributed by atoms with Crippen LogP contribution in [-0.2, 0) is 11.2 Å². The lowest BCUT2D eigenvalue weighted by atomic mass is 10.1. The number of carbonyl (C=O) groups excluding carboxylic acids is 1. The molecule has 0 unspecified atom stereocenters. The van der Waals surface area contributed by atoms with Crippen molar-refractivity contribution in [2.24, 2.45) is 5.92 Å². The Labute approximate surface area is 117 Å². The van der Waals surface area contributed by atoms with Crippen molar-refractivity contribution in [2.45, 2.75) is 32.1 Å². The molecule has 0 atom stereocenters. The third kappa shape index (κ3) is 2.46. The van der Waals surface area contributed by atoms with Crippen molar-refractivity contribution >= 4 is 22.8 Å². The summed E-state index contributed by atoms with van der Waals surface area (Å²) in [6.45, 7) is 0. The fraction of sp³-hybridized carbons (Fsp3) is 0.375. The number of carboxylic acids is 1. The van der Waals surface area contributed by atoms with E-state index in [2.05, 4.69) is 0 Å². The van der Waals surface area contributed by atoms with Gasteiger partial charge in [0.1, 0.15) is 0 Å². The minimum absolute atomic E-state index is 0.163. The average Bonchev–Trinajstić information content (AvgIpc) is 3.21. The van der Waals surface area contributed by atoms with E-state index in [0.717, 1.165) is 29.3 Å². The molecule has 1 aliphatic carbocycles. The second-order valence-corrected chi connectivity index (χ2v) is 5.40. The van der Waals surface area contributed by atoms with Gasteiger partial charge in [0.15, 0.2) is 0 Å². The molecule has 2 aromatic rings. The lowest BCUT2D eigenvalue weighted by Crippen LogP contribution is -2.10. The molecule has 4 nitrogen and oxygen atoms in total. The predicted molar refractivity (Wildman–Crippen MR) is 75.9 cm³/mol. The fourth-order valence-electron chi connectivity index (χ4n) is 2.59. The third-order valence-corrected chi connectivity index (χ3v) is 3.80. The summed E-state index contributed by atoms with van der Waals surface area (Å²) in [7, 11) is 0. The summed E-state index contributed by atoms with van der Waals surface area (Å²) >= 11 is 0. The molecule has 1 N–H and O–H groups in total. The van der Waals surface area contributed by atoms with Crippen molar-refractivity contribution < 1.29 is 14.7 Å². The summed E-state index contributed by atoms with van der Waals surface area (Å²) in [6.07, 6.45) is 5.32. The monoisotopic (exact) mass is 271 g/mol. The van der Waals surface area contributed by atoms with Crippen LogP contribution < -0.4 is 0 Å². The highest BCUT2D eigenvalue weighted by Crippen LogP contribution is 2.33. The van der Waals surface area contributed by atoms with Crippen molar-refractivity contribution in [1.29, 1.82) is 0 Å². The molecular formula is C16H17NO3. The van der Waals surface area contributed by atoms with Crippen LogP contribution in [0.2, 0.25) is 0 Å². The Morgan fingerprint density at radius 3 is 2.70 bits per heavy atom. The first-order chi connectivity index (χ1) is 9.66. The lowest BCUT2D eigenvalue weighted by Gasteiger charge is -2.01. The van der Waals surface area contributed by atoms with Crippen molar-refractivity contribution in [2.75, 3.05) is 0 Å². The number of fused-ring (bicyclic) bond motifs is 1. The summed E-state index contributed by atoms with van der Waals surface area (Å²) in [5.41, 5.74) is 2.01. The third-order valence-electron chi connectivity index (χ3n) is 3.80. The van der Waals surface area contributed by atoms with Crippen molar-refractivity contribution in [3.05, 3.63) is 36.0 Å². The Morgan fingerprint density at radius 2 is 2.00 bits per heavy atom. The zero-order valence-corrected chi connectivity index (χ0v) is 11.2. The lowest BCUT2D eigenvalue weighted by molar-refractivity contribution is -0.137. The van der Waals surface area contributed by atoms with E-state index in [4.69, 9.17) is 5.11 Å². The molecule has 4 heteroatoms. The quantitative estimate of drug-likeness (QED) is 0.909. The highest BCUT2D eigenvalue weighted by molar-refractivity contribution is 5.96. The number of hydrogen-bond acceptors (Lipinski definition) is 2. The maximum atomic E-state index is 12.3. The molecule has 104 valence electrons. The smallest absolute Gasteiger partial charge is 0.303 e. The van der Waals surface area contributed by atoms with E-state index in [-0.39, 0.29) is 18.2 Å². The van der Waals surface area contributed by atoms with Gasteiger partial charge >= 0.3 is 5.97 Å². The molecule has 0 bridgehead atoms. The van der Waals surface area contributed by atoms with Crippen molar-refractivity contribution in [3.8, 4) is 0 Å². The molecule has 0 aliphatic heterocycles. The Balaban J connectivity index is 1.91. The number of aliphatic carboxylic acids is 1. The van der Waals surface area contributed by atoms with E-state index >= 15 is 0 Å². The second-order valence-electron chi connectivity index (χ2n) is 5.40. The number of para-hydroxylation sites is 1. The number of benzene rings is 1. The average molecular weight is 271 g/mol. The van der Waals surface area contributed by atoms with Crippen LogP contribution in [0.25, 0.3) is 10.9 Å². The van der Waals surface area contributed by atoms with Crippen LogP contribution in [0.1, 0.15) is 36.0 Å². The molecule has 0 radical (unpaired) electrons. The molecule has 3 rings (SSSR count). The topological polar surface area (TPSA) is 59.3 Å². The molecule has 1 saturated carbocycles. The van der Waals surface area contributed by atoms with Crippen LogP contribution in [-0.4, -0.2) is 21.6 Å². The Kier molecular flexibility index (Phi) is 3.30. The van der Waals surface area contributed by atoms with E-state index in [0.29, 0.717) is 12.8 Å². The van der Waals surface area contributed by atoms with E-state index in [1.807, 2.05) is 30.5 Å². The number of carboxylic acid groups (broad SMARTS) is 1. The number of rotatable bonds is 5. The van der Waals surface area contributed by atoms with Gasteiger partial charge in [0, 0.05) is 23.9 Å². The highest BCUT2D eigenvalue weighted by Gasteiger charge is 2.31. The van der Waals surface area contributed by atoms with Gasteiger partial charge in [-0.15, -0.1) is 0 Å². The van der Waals surface area contributed by atoms with Gasteiger partial charge < -0.3 is 5.11 Å². The Morgan fingerprint density at radius 1 is 1.25 bits per heavy atom. The standard InChI is InChI=1S/C16H17NO3/c18-15(19)7-3-4-12-10-17(16(20)11-8-9-11)14-6-2-1-5-13(12)14/h1-2,5-6,10-11H,3-4,7-9H2,(H,18,19). The molecule has 1 aromatic heterocycles. The number of nitrogens with zero attached hydrogens (tertiary/aromatic N) is 1. The van der Waals surface area contributed by atoms with Crippen LogP contribution >= 0.6 is 0 Å². The predicted octanol–water partition coefficient (Wildman–Crippen LogP) is 3.10. The van der Waals surface area contributed by atoms with Gasteiger partial charge in [0.05, 0.1) is 5.52 Å². The van der Waals surface area contributed by atoms with Crippen LogP contribution in [0.15, 0.2) is 30.5 Å². The Bertz CT molecular complexity index is 667. The zero-order chi connectivity index (χ0) is 14.1. The van der Waals surface area contributed by atoms with Gasteiger partial charge in [-0.1, -0.05) is 18.2 Å². The van der Waals surface area contributed by atoms with Gasteiger partial charge in [-0.2, -0.15) is 0 Å². The van der Waals surface area contributed by atoms with Gasteiger partial charge in [0.2, 0.25) is 5.91 Å². The SMILES string of the molecule is O=C(O)CCCc1cn(C(=O)C2CC2)c2ccccc12. The molecule has 1 heterocycles. The zero-order valence-electron chi connectivity index (χ0n) is 11.2. The summed E-state index contributed by atoms with van der Waals surface area (Å²) < 4.78 is 1.75. The molecule has 1 fully saturated rings. The van der Waals surface area contributed by atoms with Crippen LogP contribution in [0, 0.1) is 5.92 Å². The van der Waals surface area contributed by atoms with E-state index in [1.54, 1.807) is 4.57 Å². The number of hydrogen-bond donors (Lipinski definition) is 1. The number of aromatic nitrogens is 1. The van der Waals surface area contributed by atoms with Crippen molar-refractivity contribution in [3.63, 3.8) is 0 Å². The largest absolute Gasteiger partial charge is 0.481 e. The maximum Gasteiger partial charge on any atom is 0.303 e. The molecular weight excluding hydrogens is 254 g/mol. The van der Waals surface area contributed by atoms with Gasteiger partial charge in [-0.05, 0) is 37.3 Å². The maximum absolute atomic E-state index is 12.3. The van der Waals surface area contributed by atoms with Gasteiger partial charge in [-0.25, -0.2) is 0 Å². The molecule has 1 aromatic carbocycles. The summed E-state index contributed by atoms with van der Waals surface area (Å²) in [5, 5.41) is 9.78. The Hall–Kier alpha value is -2.10. The first-order valence-corrected chi connectivity index (χ1v) is 7.02. The number of carbonyl (C=O) groups is 2. The van der Waals surface area contributed by atoms with Crippen molar-refractivity contribution in [1.82, 2.24) is 4.57 Å². The molecule has 0 amide bonds. The molecule has 1 aliphatic rings. The van der Waals surface area contributed by atoms with E-state index in [9.17, 15) is 9.59 Å². The van der Waals surface area contributed by atoms with Crippen LogP contribution in [0.3, 0.4) is 0 Å². The highest BCUT2D eigenvalue weighted by atomic mass is 16.4. The molecule has 0 saturated heterocycles. The molecule has 0 spiro atoms. The van der Waals surface area contributed by atoms with E-state index in [1.165, 1.54) is 0 Å². The minimum atomic E-state index is -0.775. The first kappa shape index (κ1) is 12.9. The van der Waals surface area contributed by atoms with Crippen LogP contribution in [0.4, 0.5) is 0 Å². The van der Waals surface area contributed by atoms with Gasteiger partial charge in [0.25, 0.3) is 0 Å². The second kappa shape index (κ2) is 5.12. The number of aryl methyl sites for hydroxylation is 1. The molecule has 20 heavy (non-hydrogen) atoms. The first-order valence-electron chi connectivity index (χ1n) is 7.02. The normalized spacial score (nSPS) is 14.6. The fourth-order valence-corrected chi connectivity index (χ4v) is 2.59. The van der Waals surface area contributed by atoms with Gasteiger partial charge in [-0.3, -0.25) is 14.2 Å². The minimum Gasteiger partial charge on any atom is -0.481 e. The summed E-state index contributed by atoms with van der Waals surface area (Å²) in [4.78, 5) is 22.9.